The van der Waals surface area contributed by atoms with Crippen LogP contribution >= 0.6 is 0 Å². The van der Waals surface area contributed by atoms with Crippen molar-refractivity contribution in [2.24, 2.45) is 0 Å². The van der Waals surface area contributed by atoms with Crippen molar-refractivity contribution < 1.29 is 9.47 Å². The Morgan fingerprint density at radius 1 is 1.22 bits per heavy atom. The zero-order valence-corrected chi connectivity index (χ0v) is 13.8. The van der Waals surface area contributed by atoms with E-state index in [1.54, 1.807) is 0 Å². The maximum absolute atomic E-state index is 5.75. The highest BCUT2D eigenvalue weighted by Crippen LogP contribution is 2.23. The highest BCUT2D eigenvalue weighted by molar-refractivity contribution is 5.31. The van der Waals surface area contributed by atoms with E-state index < -0.39 is 0 Å². The lowest BCUT2D eigenvalue weighted by Crippen LogP contribution is -2.31. The lowest BCUT2D eigenvalue weighted by molar-refractivity contribution is 0.245. The first-order valence-corrected chi connectivity index (χ1v) is 8.20. The van der Waals surface area contributed by atoms with E-state index in [0.29, 0.717) is 19.1 Å². The molecule has 1 atom stereocenters. The minimum Gasteiger partial charge on any atom is -0.494 e. The smallest absolute Gasteiger partial charge is 0.162 e. The Labute approximate surface area is 136 Å². The summed E-state index contributed by atoms with van der Waals surface area (Å²) in [5.41, 5.74) is 0. The van der Waals surface area contributed by atoms with Crippen LogP contribution in [0.3, 0.4) is 0 Å². The van der Waals surface area contributed by atoms with Gasteiger partial charge in [0.25, 0.3) is 0 Å². The van der Waals surface area contributed by atoms with Gasteiger partial charge in [-0.3, -0.25) is 5.10 Å². The van der Waals surface area contributed by atoms with Crippen molar-refractivity contribution in [1.82, 2.24) is 20.1 Å². The van der Waals surface area contributed by atoms with Gasteiger partial charge in [-0.15, -0.1) is 0 Å². The molecule has 3 rings (SSSR count). The topological polar surface area (TPSA) is 63.3 Å². The van der Waals surface area contributed by atoms with Gasteiger partial charge >= 0.3 is 0 Å². The molecule has 2 heterocycles. The maximum atomic E-state index is 5.75. The summed E-state index contributed by atoms with van der Waals surface area (Å²) < 4.78 is 11.2. The van der Waals surface area contributed by atoms with E-state index in [1.165, 1.54) is 6.42 Å². The van der Waals surface area contributed by atoms with E-state index in [9.17, 15) is 0 Å². The van der Waals surface area contributed by atoms with Crippen molar-refractivity contribution in [2.45, 2.75) is 32.3 Å². The number of H-pyrrole nitrogens is 1. The fourth-order valence-corrected chi connectivity index (χ4v) is 2.88. The number of likely N-dealkylation sites (tertiary alicyclic amines) is 1. The van der Waals surface area contributed by atoms with Crippen molar-refractivity contribution in [2.75, 3.05) is 26.7 Å². The molecule has 1 aromatic carbocycles. The molecular formula is C17H24N4O2. The summed E-state index contributed by atoms with van der Waals surface area (Å²) in [5, 5.41) is 7.35. The zero-order valence-electron chi connectivity index (χ0n) is 13.8. The van der Waals surface area contributed by atoms with Gasteiger partial charge in [0.1, 0.15) is 18.1 Å². The van der Waals surface area contributed by atoms with Crippen LogP contribution in [0.1, 0.15) is 37.3 Å². The maximum Gasteiger partial charge on any atom is 0.162 e. The zero-order chi connectivity index (χ0) is 16.1. The molecule has 1 aliphatic rings. The number of piperidine rings is 1. The summed E-state index contributed by atoms with van der Waals surface area (Å²) in [6.07, 6.45) is 2.36. The Balaban J connectivity index is 1.54. The van der Waals surface area contributed by atoms with E-state index in [1.807, 2.05) is 31.2 Å². The molecule has 0 spiro atoms. The summed E-state index contributed by atoms with van der Waals surface area (Å²) in [6, 6.07) is 7.61. The molecule has 6 nitrogen and oxygen atoms in total. The van der Waals surface area contributed by atoms with Crippen molar-refractivity contribution in [3.05, 3.63) is 35.9 Å². The predicted molar refractivity (Wildman–Crippen MR) is 87.8 cm³/mol. The fourth-order valence-electron chi connectivity index (χ4n) is 2.88. The third kappa shape index (κ3) is 4.22. The molecule has 2 aromatic rings. The highest BCUT2D eigenvalue weighted by atomic mass is 16.5. The largest absolute Gasteiger partial charge is 0.494 e. The molecule has 23 heavy (non-hydrogen) atoms. The predicted octanol–water partition coefficient (Wildman–Crippen LogP) is 2.59. The SMILES string of the molecule is CCOc1ccc(OCc2nc([C@@H]3CCCN(C)C3)n[nH]2)cc1. The Bertz CT molecular complexity index is 611. The highest BCUT2D eigenvalue weighted by Gasteiger charge is 2.22. The number of nitrogens with one attached hydrogen (secondary N) is 1. The molecule has 0 radical (unpaired) electrons. The minimum atomic E-state index is 0.392. The fraction of sp³-hybridized carbons (Fsp3) is 0.529. The minimum absolute atomic E-state index is 0.392. The number of likely N-dealkylation sites (N-methyl/N-ethyl adjacent to an activating group) is 1. The lowest BCUT2D eigenvalue weighted by Gasteiger charge is -2.27. The van der Waals surface area contributed by atoms with Gasteiger partial charge < -0.3 is 14.4 Å². The molecule has 0 aliphatic carbocycles. The number of ether oxygens (including phenoxy) is 2. The number of benzene rings is 1. The van der Waals surface area contributed by atoms with Crippen molar-refractivity contribution >= 4 is 0 Å². The molecule has 1 saturated heterocycles. The molecular weight excluding hydrogens is 292 g/mol. The van der Waals surface area contributed by atoms with Crippen LogP contribution in [0, 0.1) is 0 Å². The Hall–Kier alpha value is -2.08. The Kier molecular flexibility index (Phi) is 5.12. The first-order valence-electron chi connectivity index (χ1n) is 8.20. The number of hydrogen-bond acceptors (Lipinski definition) is 5. The number of aromatic amines is 1. The van der Waals surface area contributed by atoms with Crippen LogP contribution in [0.4, 0.5) is 0 Å². The molecule has 0 amide bonds. The second-order valence-electron chi connectivity index (χ2n) is 5.93. The first kappa shape index (κ1) is 15.8. The molecule has 1 aliphatic heterocycles. The van der Waals surface area contributed by atoms with Crippen LogP contribution in [-0.4, -0.2) is 46.8 Å². The van der Waals surface area contributed by atoms with E-state index in [4.69, 9.17) is 9.47 Å². The molecule has 0 unspecified atom stereocenters. The second-order valence-corrected chi connectivity index (χ2v) is 5.93. The average Bonchev–Trinajstić information content (AvgIpc) is 3.04. The Morgan fingerprint density at radius 3 is 2.65 bits per heavy atom. The number of rotatable bonds is 6. The quantitative estimate of drug-likeness (QED) is 0.887. The standard InChI is InChI=1S/C17H24N4O2/c1-3-22-14-6-8-15(9-7-14)23-12-16-18-17(20-19-16)13-5-4-10-21(2)11-13/h6-9,13H,3-5,10-12H2,1-2H3,(H,18,19,20)/t13-/m1/s1. The summed E-state index contributed by atoms with van der Waals surface area (Å²) in [7, 11) is 2.15. The summed E-state index contributed by atoms with van der Waals surface area (Å²) >= 11 is 0. The van der Waals surface area contributed by atoms with Crippen LogP contribution in [-0.2, 0) is 6.61 Å². The second kappa shape index (κ2) is 7.46. The van der Waals surface area contributed by atoms with Gasteiger partial charge in [-0.1, -0.05) is 0 Å². The first-order chi connectivity index (χ1) is 11.2. The molecule has 124 valence electrons. The molecule has 0 bridgehead atoms. The van der Waals surface area contributed by atoms with E-state index in [0.717, 1.165) is 42.7 Å². The summed E-state index contributed by atoms with van der Waals surface area (Å²) in [6.45, 7) is 5.21. The van der Waals surface area contributed by atoms with Crippen molar-refractivity contribution in [3.8, 4) is 11.5 Å². The van der Waals surface area contributed by atoms with Gasteiger partial charge in [0.15, 0.2) is 11.6 Å². The Morgan fingerprint density at radius 2 is 1.96 bits per heavy atom. The normalized spacial score (nSPS) is 18.8. The summed E-state index contributed by atoms with van der Waals surface area (Å²) in [4.78, 5) is 6.92. The summed E-state index contributed by atoms with van der Waals surface area (Å²) in [5.74, 6) is 3.74. The molecule has 6 heteroatoms. The number of aromatic nitrogens is 3. The van der Waals surface area contributed by atoms with Gasteiger partial charge in [-0.25, -0.2) is 4.98 Å². The van der Waals surface area contributed by atoms with Crippen LogP contribution in [0.25, 0.3) is 0 Å². The van der Waals surface area contributed by atoms with Gasteiger partial charge in [0.2, 0.25) is 0 Å². The third-order valence-electron chi connectivity index (χ3n) is 4.05. The van der Waals surface area contributed by atoms with Gasteiger partial charge in [-0.2, -0.15) is 5.10 Å². The van der Waals surface area contributed by atoms with Crippen molar-refractivity contribution in [3.63, 3.8) is 0 Å². The molecule has 1 fully saturated rings. The molecule has 0 saturated carbocycles. The van der Waals surface area contributed by atoms with Crippen LogP contribution in [0.2, 0.25) is 0 Å². The van der Waals surface area contributed by atoms with Gasteiger partial charge in [0.05, 0.1) is 6.61 Å². The van der Waals surface area contributed by atoms with Crippen molar-refractivity contribution in [1.29, 1.82) is 0 Å². The molecule has 1 N–H and O–H groups in total. The van der Waals surface area contributed by atoms with E-state index in [-0.39, 0.29) is 0 Å². The number of nitrogens with zero attached hydrogens (tertiary/aromatic N) is 3. The lowest BCUT2D eigenvalue weighted by atomic mass is 9.98. The van der Waals surface area contributed by atoms with E-state index in [2.05, 4.69) is 27.1 Å². The monoisotopic (exact) mass is 316 g/mol. The van der Waals surface area contributed by atoms with Crippen LogP contribution in [0.5, 0.6) is 11.5 Å². The van der Waals surface area contributed by atoms with Gasteiger partial charge in [0, 0.05) is 12.5 Å². The van der Waals surface area contributed by atoms with E-state index >= 15 is 0 Å². The number of hydrogen-bond donors (Lipinski definition) is 1. The third-order valence-corrected chi connectivity index (χ3v) is 4.05. The van der Waals surface area contributed by atoms with Crippen LogP contribution < -0.4 is 9.47 Å². The average molecular weight is 316 g/mol. The molecule has 1 aromatic heterocycles. The van der Waals surface area contributed by atoms with Crippen LogP contribution in [0.15, 0.2) is 24.3 Å². The van der Waals surface area contributed by atoms with Gasteiger partial charge in [-0.05, 0) is 57.6 Å².